The minimum Gasteiger partial charge on any atom is -0.379 e. The van der Waals surface area contributed by atoms with Crippen molar-refractivity contribution in [3.63, 3.8) is 0 Å². The molecular formula is C71H130N4O13. The fourth-order valence-corrected chi connectivity index (χ4v) is 12.0. The average Bonchev–Trinajstić information content (AvgIpc) is 3.60. The molecule has 0 saturated heterocycles. The number of rotatable bonds is 61. The van der Waals surface area contributed by atoms with Gasteiger partial charge in [-0.05, 0) is 134 Å². The lowest BCUT2D eigenvalue weighted by Gasteiger charge is -2.34. The highest BCUT2D eigenvalue weighted by atomic mass is 16.6. The van der Waals surface area contributed by atoms with Gasteiger partial charge in [-0.2, -0.15) is 0 Å². The molecule has 0 heterocycles. The number of carbonyl (C=O) groups is 5. The van der Waals surface area contributed by atoms with Gasteiger partial charge in [0.2, 0.25) is 23.6 Å². The number of allylic oxidation sites excluding steroid dienone is 4. The van der Waals surface area contributed by atoms with E-state index in [0.717, 1.165) is 57.8 Å². The van der Waals surface area contributed by atoms with Gasteiger partial charge >= 0.3 is 0 Å². The highest BCUT2D eigenvalue weighted by molar-refractivity contribution is 5.86. The van der Waals surface area contributed by atoms with Gasteiger partial charge in [0.05, 0.1) is 92.5 Å². The minimum atomic E-state index is -0.373. The van der Waals surface area contributed by atoms with Crippen LogP contribution in [0.25, 0.3) is 0 Å². The van der Waals surface area contributed by atoms with E-state index >= 15 is 0 Å². The summed E-state index contributed by atoms with van der Waals surface area (Å²) in [7, 11) is 0. The molecule has 0 bridgehead atoms. The SMILES string of the molecule is CCCCNC(=O)CCOCCOCCOCCOCCOCCC(=O)NCCCOCCOCCOCCCNC(=O)[C@H](CCCCNC(=O)CCCCCCCCC1=C(C)CCCC1(C)C)CC(=O)CCCCCCCCC1=C(C)CCCC1(C)C. The van der Waals surface area contributed by atoms with Gasteiger partial charge in [0.15, 0.2) is 0 Å². The molecule has 17 nitrogen and oxygen atoms in total. The van der Waals surface area contributed by atoms with Crippen LogP contribution >= 0.6 is 0 Å². The average molecular weight is 1250 g/mol. The molecule has 88 heavy (non-hydrogen) atoms. The molecule has 0 spiro atoms. The summed E-state index contributed by atoms with van der Waals surface area (Å²) in [6.45, 7) is 25.7. The molecule has 0 unspecified atom stereocenters. The predicted octanol–water partition coefficient (Wildman–Crippen LogP) is 13.0. The Morgan fingerprint density at radius 1 is 0.386 bits per heavy atom. The van der Waals surface area contributed by atoms with Gasteiger partial charge < -0.3 is 59.2 Å². The quantitative estimate of drug-likeness (QED) is 0.0331. The zero-order chi connectivity index (χ0) is 64.0. The van der Waals surface area contributed by atoms with Crippen LogP contribution in [0.2, 0.25) is 0 Å². The number of ether oxygens (including phenoxy) is 8. The van der Waals surface area contributed by atoms with E-state index in [4.69, 9.17) is 37.9 Å². The molecular weight excluding hydrogens is 1120 g/mol. The monoisotopic (exact) mass is 1250 g/mol. The third-order valence-electron chi connectivity index (χ3n) is 17.3. The lowest BCUT2D eigenvalue weighted by Crippen LogP contribution is -2.33. The number of hydrogen-bond acceptors (Lipinski definition) is 13. The van der Waals surface area contributed by atoms with Crippen LogP contribution in [-0.2, 0) is 61.9 Å². The molecule has 0 radical (unpaired) electrons. The van der Waals surface area contributed by atoms with Crippen LogP contribution in [0.15, 0.2) is 22.3 Å². The van der Waals surface area contributed by atoms with E-state index < -0.39 is 0 Å². The third-order valence-corrected chi connectivity index (χ3v) is 17.3. The summed E-state index contributed by atoms with van der Waals surface area (Å²) in [5.74, 6) is -0.226. The minimum absolute atomic E-state index is 0.0141. The Labute approximate surface area is 535 Å². The van der Waals surface area contributed by atoms with Gasteiger partial charge in [-0.25, -0.2) is 0 Å². The highest BCUT2D eigenvalue weighted by Crippen LogP contribution is 2.43. The van der Waals surface area contributed by atoms with Gasteiger partial charge in [0.25, 0.3) is 0 Å². The topological polar surface area (TPSA) is 207 Å². The van der Waals surface area contributed by atoms with Crippen molar-refractivity contribution >= 4 is 29.4 Å². The first kappa shape index (κ1) is 80.8. The Kier molecular flexibility index (Phi) is 49.8. The maximum Gasteiger partial charge on any atom is 0.223 e. The second-order valence-electron chi connectivity index (χ2n) is 26.0. The number of Topliss-reactive ketones (excluding diaryl/α,β-unsaturated/α-hetero) is 1. The van der Waals surface area contributed by atoms with E-state index in [1.807, 2.05) is 0 Å². The van der Waals surface area contributed by atoms with E-state index in [9.17, 15) is 24.0 Å². The van der Waals surface area contributed by atoms with Crippen molar-refractivity contribution < 1.29 is 61.9 Å². The summed E-state index contributed by atoms with van der Waals surface area (Å²) < 4.78 is 44.4. The number of ketones is 1. The molecule has 2 aliphatic rings. The maximum atomic E-state index is 13.5. The summed E-state index contributed by atoms with van der Waals surface area (Å²) in [5, 5.41) is 11.9. The fraction of sp³-hybridized carbons (Fsp3) is 0.873. The van der Waals surface area contributed by atoms with E-state index in [0.29, 0.717) is 181 Å². The summed E-state index contributed by atoms with van der Waals surface area (Å²) in [4.78, 5) is 63.2. The largest absolute Gasteiger partial charge is 0.379 e. The number of unbranched alkanes of at least 4 members (excludes halogenated alkanes) is 12. The van der Waals surface area contributed by atoms with Crippen molar-refractivity contribution in [2.45, 2.75) is 254 Å². The molecule has 0 aromatic heterocycles. The molecule has 0 aromatic rings. The van der Waals surface area contributed by atoms with Crippen LogP contribution < -0.4 is 21.3 Å². The molecule has 512 valence electrons. The number of amides is 4. The lowest BCUT2D eigenvalue weighted by atomic mass is 9.71. The lowest BCUT2D eigenvalue weighted by molar-refractivity contribution is -0.129. The van der Waals surface area contributed by atoms with Gasteiger partial charge in [-0.15, -0.1) is 0 Å². The Morgan fingerprint density at radius 2 is 0.739 bits per heavy atom. The van der Waals surface area contributed by atoms with Crippen LogP contribution in [-0.4, -0.2) is 161 Å². The molecule has 4 amide bonds. The van der Waals surface area contributed by atoms with Gasteiger partial charge in [0.1, 0.15) is 5.78 Å². The second-order valence-corrected chi connectivity index (χ2v) is 26.0. The Hall–Kier alpha value is -3.29. The predicted molar refractivity (Wildman–Crippen MR) is 353 cm³/mol. The van der Waals surface area contributed by atoms with E-state index in [1.165, 1.54) is 96.3 Å². The summed E-state index contributed by atoms with van der Waals surface area (Å²) in [6, 6.07) is 0. The van der Waals surface area contributed by atoms with Crippen molar-refractivity contribution in [3.8, 4) is 0 Å². The standard InChI is InChI=1S/C71H130N4O13/c1-8-9-39-72-67(78)35-45-83-49-53-86-55-57-88-58-56-87-54-50-84-46-36-68(79)74-41-26-43-81-47-51-85-52-48-82-44-27-42-75-69(80)62(59-63(76)31-18-14-10-11-15-19-32-64-60(2)28-24-37-70(64,4)5)30-22-23-40-73-66(77)34-21-17-13-12-16-20-33-65-61(3)29-25-38-71(65,6)7/h62H,8-59H2,1-7H3,(H,72,78)(H,73,77)(H,74,79)(H,75,80)/t62-/m1/s1. The first-order valence-corrected chi connectivity index (χ1v) is 35.3. The third kappa shape index (κ3) is 44.3. The van der Waals surface area contributed by atoms with E-state index in [-0.39, 0.29) is 48.2 Å². The summed E-state index contributed by atoms with van der Waals surface area (Å²) in [6.07, 6.45) is 31.5. The maximum absolute atomic E-state index is 13.5. The zero-order valence-corrected chi connectivity index (χ0v) is 57.2. The second kappa shape index (κ2) is 54.3. The van der Waals surface area contributed by atoms with Crippen LogP contribution in [0.1, 0.15) is 254 Å². The van der Waals surface area contributed by atoms with Crippen molar-refractivity contribution in [3.05, 3.63) is 22.3 Å². The Bertz CT molecular complexity index is 1870. The number of nitrogens with one attached hydrogen (secondary N) is 4. The van der Waals surface area contributed by atoms with E-state index in [2.05, 4.69) is 69.7 Å². The van der Waals surface area contributed by atoms with Crippen molar-refractivity contribution in [2.24, 2.45) is 16.7 Å². The normalized spacial score (nSPS) is 15.2. The molecule has 17 heteroatoms. The first-order chi connectivity index (χ1) is 42.7. The molecule has 0 fully saturated rings. The Morgan fingerprint density at radius 3 is 1.17 bits per heavy atom. The van der Waals surface area contributed by atoms with Crippen LogP contribution in [0.3, 0.4) is 0 Å². The van der Waals surface area contributed by atoms with Gasteiger partial charge in [-0.3, -0.25) is 24.0 Å². The molecule has 2 aliphatic carbocycles. The smallest absolute Gasteiger partial charge is 0.223 e. The van der Waals surface area contributed by atoms with Crippen molar-refractivity contribution in [1.29, 1.82) is 0 Å². The number of hydrogen-bond donors (Lipinski definition) is 4. The van der Waals surface area contributed by atoms with Gasteiger partial charge in [0, 0.05) is 77.4 Å². The molecule has 4 N–H and O–H groups in total. The van der Waals surface area contributed by atoms with E-state index in [1.54, 1.807) is 22.3 Å². The highest BCUT2D eigenvalue weighted by Gasteiger charge is 2.29. The molecule has 2 rings (SSSR count). The molecule has 0 aromatic carbocycles. The zero-order valence-electron chi connectivity index (χ0n) is 57.2. The van der Waals surface area contributed by atoms with Gasteiger partial charge in [-0.1, -0.05) is 121 Å². The summed E-state index contributed by atoms with van der Waals surface area (Å²) >= 11 is 0. The summed E-state index contributed by atoms with van der Waals surface area (Å²) in [5.41, 5.74) is 7.34. The number of carbonyl (C=O) groups excluding carboxylic acids is 5. The first-order valence-electron chi connectivity index (χ1n) is 35.3. The van der Waals surface area contributed by atoms with Crippen molar-refractivity contribution in [1.82, 2.24) is 21.3 Å². The molecule has 0 aliphatic heterocycles. The van der Waals surface area contributed by atoms with Crippen LogP contribution in [0, 0.1) is 16.7 Å². The van der Waals surface area contributed by atoms with Crippen molar-refractivity contribution in [2.75, 3.05) is 132 Å². The molecule has 1 atom stereocenters. The Balaban J connectivity index is 1.48. The molecule has 0 saturated carbocycles. The van der Waals surface area contributed by atoms with Crippen LogP contribution in [0.5, 0.6) is 0 Å². The fourth-order valence-electron chi connectivity index (χ4n) is 12.0. The van der Waals surface area contributed by atoms with Crippen LogP contribution in [0.4, 0.5) is 0 Å².